The van der Waals surface area contributed by atoms with Gasteiger partial charge in [-0.2, -0.15) is 0 Å². The zero-order valence-corrected chi connectivity index (χ0v) is 10.7. The van der Waals surface area contributed by atoms with Crippen LogP contribution in [0.2, 0.25) is 0 Å². The Labute approximate surface area is 110 Å². The van der Waals surface area contributed by atoms with Gasteiger partial charge < -0.3 is 10.8 Å². The predicted octanol–water partition coefficient (Wildman–Crippen LogP) is 3.43. The Balaban J connectivity index is 2.35. The second-order valence-corrected chi connectivity index (χ2v) is 5.06. The SMILES string of the molecule is Cc1cccc(Sc2cccc(C(=O)O)c2N)c1. The van der Waals surface area contributed by atoms with E-state index in [0.717, 1.165) is 15.4 Å². The molecule has 0 bridgehead atoms. The number of nitrogen functional groups attached to an aromatic ring is 1. The van der Waals surface area contributed by atoms with Crippen LogP contribution >= 0.6 is 11.8 Å². The molecule has 0 amide bonds. The van der Waals surface area contributed by atoms with E-state index in [0.29, 0.717) is 5.69 Å². The molecule has 2 rings (SSSR count). The average Bonchev–Trinajstić information content (AvgIpc) is 2.31. The molecule has 0 radical (unpaired) electrons. The summed E-state index contributed by atoms with van der Waals surface area (Å²) in [5.74, 6) is -1.00. The van der Waals surface area contributed by atoms with Crippen molar-refractivity contribution in [1.29, 1.82) is 0 Å². The summed E-state index contributed by atoms with van der Waals surface area (Å²) in [7, 11) is 0. The van der Waals surface area contributed by atoms with E-state index in [4.69, 9.17) is 10.8 Å². The first-order chi connectivity index (χ1) is 8.58. The molecule has 0 atom stereocenters. The van der Waals surface area contributed by atoms with Crippen LogP contribution in [0, 0.1) is 6.92 Å². The molecule has 0 unspecified atom stereocenters. The zero-order chi connectivity index (χ0) is 13.1. The molecule has 0 aliphatic heterocycles. The van der Waals surface area contributed by atoms with Gasteiger partial charge in [0.25, 0.3) is 0 Å². The van der Waals surface area contributed by atoms with Gasteiger partial charge in [0.1, 0.15) is 0 Å². The van der Waals surface area contributed by atoms with Crippen LogP contribution < -0.4 is 5.73 Å². The highest BCUT2D eigenvalue weighted by atomic mass is 32.2. The summed E-state index contributed by atoms with van der Waals surface area (Å²) in [6.45, 7) is 2.01. The fraction of sp³-hybridized carbons (Fsp3) is 0.0714. The smallest absolute Gasteiger partial charge is 0.337 e. The summed E-state index contributed by atoms with van der Waals surface area (Å²) < 4.78 is 0. The second-order valence-electron chi connectivity index (χ2n) is 3.94. The molecular weight excluding hydrogens is 246 g/mol. The van der Waals surface area contributed by atoms with Gasteiger partial charge in [0.05, 0.1) is 11.3 Å². The molecule has 0 aliphatic carbocycles. The zero-order valence-electron chi connectivity index (χ0n) is 9.88. The van der Waals surface area contributed by atoms with E-state index in [9.17, 15) is 4.79 Å². The number of para-hydroxylation sites is 1. The van der Waals surface area contributed by atoms with E-state index >= 15 is 0 Å². The first-order valence-electron chi connectivity index (χ1n) is 5.44. The number of rotatable bonds is 3. The normalized spacial score (nSPS) is 10.3. The van der Waals surface area contributed by atoms with E-state index in [1.807, 2.05) is 37.3 Å². The van der Waals surface area contributed by atoms with Crippen LogP contribution in [0.3, 0.4) is 0 Å². The molecule has 18 heavy (non-hydrogen) atoms. The number of aryl methyl sites for hydroxylation is 1. The van der Waals surface area contributed by atoms with Gasteiger partial charge in [-0.1, -0.05) is 35.5 Å². The molecule has 0 saturated carbocycles. The quantitative estimate of drug-likeness (QED) is 0.829. The number of anilines is 1. The highest BCUT2D eigenvalue weighted by Gasteiger charge is 2.11. The van der Waals surface area contributed by atoms with Crippen LogP contribution in [0.1, 0.15) is 15.9 Å². The van der Waals surface area contributed by atoms with E-state index in [2.05, 4.69) is 0 Å². The van der Waals surface area contributed by atoms with Crippen LogP contribution in [0.5, 0.6) is 0 Å². The summed E-state index contributed by atoms with van der Waals surface area (Å²) in [4.78, 5) is 12.8. The molecule has 0 aromatic heterocycles. The Morgan fingerprint density at radius 2 is 1.94 bits per heavy atom. The Morgan fingerprint density at radius 1 is 1.22 bits per heavy atom. The van der Waals surface area contributed by atoms with Gasteiger partial charge in [-0.05, 0) is 31.2 Å². The highest BCUT2D eigenvalue weighted by Crippen LogP contribution is 2.33. The Hall–Kier alpha value is -1.94. The van der Waals surface area contributed by atoms with Crippen molar-refractivity contribution < 1.29 is 9.90 Å². The number of hydrogen-bond donors (Lipinski definition) is 2. The van der Waals surface area contributed by atoms with Gasteiger partial charge in [0.15, 0.2) is 0 Å². The van der Waals surface area contributed by atoms with Crippen molar-refractivity contribution in [3.8, 4) is 0 Å². The number of aromatic carboxylic acids is 1. The van der Waals surface area contributed by atoms with Crippen LogP contribution in [0.25, 0.3) is 0 Å². The second kappa shape index (κ2) is 5.14. The van der Waals surface area contributed by atoms with E-state index in [1.54, 1.807) is 6.07 Å². The maximum absolute atomic E-state index is 11.0. The number of nitrogens with two attached hydrogens (primary N) is 1. The molecule has 0 spiro atoms. The lowest BCUT2D eigenvalue weighted by Gasteiger charge is -2.08. The lowest BCUT2D eigenvalue weighted by molar-refractivity contribution is 0.0698. The third-order valence-electron chi connectivity index (χ3n) is 2.51. The first kappa shape index (κ1) is 12.5. The standard InChI is InChI=1S/C14H13NO2S/c1-9-4-2-5-10(8-9)18-12-7-3-6-11(13(12)15)14(16)17/h2-8H,15H2,1H3,(H,16,17). The van der Waals surface area contributed by atoms with Gasteiger partial charge in [-0.3, -0.25) is 0 Å². The largest absolute Gasteiger partial charge is 0.478 e. The van der Waals surface area contributed by atoms with Crippen LogP contribution in [-0.4, -0.2) is 11.1 Å². The summed E-state index contributed by atoms with van der Waals surface area (Å²) >= 11 is 1.47. The number of carboxylic acids is 1. The number of hydrogen-bond acceptors (Lipinski definition) is 3. The minimum atomic E-state index is -1.00. The molecule has 0 aliphatic rings. The number of carboxylic acid groups (broad SMARTS) is 1. The molecule has 3 N–H and O–H groups in total. The summed E-state index contributed by atoms with van der Waals surface area (Å²) in [5.41, 5.74) is 7.49. The van der Waals surface area contributed by atoms with Crippen molar-refractivity contribution in [2.45, 2.75) is 16.7 Å². The average molecular weight is 259 g/mol. The van der Waals surface area contributed by atoms with Crippen molar-refractivity contribution in [2.24, 2.45) is 0 Å². The third kappa shape index (κ3) is 2.65. The van der Waals surface area contributed by atoms with Crippen molar-refractivity contribution in [3.63, 3.8) is 0 Å². The molecular formula is C14H13NO2S. The lowest BCUT2D eigenvalue weighted by Crippen LogP contribution is -2.03. The fourth-order valence-electron chi connectivity index (χ4n) is 1.63. The Morgan fingerprint density at radius 3 is 2.61 bits per heavy atom. The summed E-state index contributed by atoms with van der Waals surface area (Å²) in [6.07, 6.45) is 0. The van der Waals surface area contributed by atoms with Gasteiger partial charge in [-0.15, -0.1) is 0 Å². The van der Waals surface area contributed by atoms with Crippen LogP contribution in [0.15, 0.2) is 52.3 Å². The summed E-state index contributed by atoms with van der Waals surface area (Å²) in [6, 6.07) is 13.0. The highest BCUT2D eigenvalue weighted by molar-refractivity contribution is 7.99. The monoisotopic (exact) mass is 259 g/mol. The van der Waals surface area contributed by atoms with Crippen molar-refractivity contribution in [1.82, 2.24) is 0 Å². The molecule has 92 valence electrons. The van der Waals surface area contributed by atoms with E-state index in [1.165, 1.54) is 17.8 Å². The third-order valence-corrected chi connectivity index (χ3v) is 3.58. The molecule has 2 aromatic carbocycles. The van der Waals surface area contributed by atoms with E-state index in [-0.39, 0.29) is 5.56 Å². The topological polar surface area (TPSA) is 63.3 Å². The molecule has 0 saturated heterocycles. The molecule has 4 heteroatoms. The van der Waals surface area contributed by atoms with Gasteiger partial charge >= 0.3 is 5.97 Å². The van der Waals surface area contributed by atoms with Gasteiger partial charge in [0, 0.05) is 9.79 Å². The molecule has 2 aromatic rings. The van der Waals surface area contributed by atoms with Gasteiger partial charge in [0.2, 0.25) is 0 Å². The Bertz CT molecular complexity index is 596. The number of benzene rings is 2. The van der Waals surface area contributed by atoms with Crippen LogP contribution in [0.4, 0.5) is 5.69 Å². The van der Waals surface area contributed by atoms with Crippen molar-refractivity contribution in [3.05, 3.63) is 53.6 Å². The lowest BCUT2D eigenvalue weighted by atomic mass is 10.2. The van der Waals surface area contributed by atoms with Crippen LogP contribution in [-0.2, 0) is 0 Å². The van der Waals surface area contributed by atoms with Crippen molar-refractivity contribution >= 4 is 23.4 Å². The predicted molar refractivity (Wildman–Crippen MR) is 73.1 cm³/mol. The first-order valence-corrected chi connectivity index (χ1v) is 6.26. The molecule has 3 nitrogen and oxygen atoms in total. The van der Waals surface area contributed by atoms with Crippen molar-refractivity contribution in [2.75, 3.05) is 5.73 Å². The Kier molecular flexibility index (Phi) is 3.58. The molecule has 0 fully saturated rings. The maximum atomic E-state index is 11.0. The summed E-state index contributed by atoms with van der Waals surface area (Å²) in [5, 5.41) is 9.01. The maximum Gasteiger partial charge on any atom is 0.337 e. The fourth-order valence-corrected chi connectivity index (χ4v) is 2.64. The number of carbonyl (C=O) groups is 1. The molecule has 0 heterocycles. The van der Waals surface area contributed by atoms with E-state index < -0.39 is 5.97 Å². The minimum Gasteiger partial charge on any atom is -0.478 e. The minimum absolute atomic E-state index is 0.146. The van der Waals surface area contributed by atoms with Gasteiger partial charge in [-0.25, -0.2) is 4.79 Å².